The average Bonchev–Trinajstić information content (AvgIpc) is 3.18. The van der Waals surface area contributed by atoms with E-state index in [1.165, 1.54) is 6.21 Å². The molecular formula is C21H15ClN4O. The van der Waals surface area contributed by atoms with Crippen LogP contribution in [0.15, 0.2) is 77.9 Å². The molecule has 0 unspecified atom stereocenters. The SMILES string of the molecule is O=C(N/N=C\c1cccc(Cl)c1)c1cc(-c2ccc3ccccc3c2)n[nH]1. The monoisotopic (exact) mass is 374 g/mol. The summed E-state index contributed by atoms with van der Waals surface area (Å²) in [5.41, 5.74) is 5.24. The van der Waals surface area contributed by atoms with Crippen molar-refractivity contribution in [3.05, 3.63) is 89.1 Å². The number of aromatic amines is 1. The highest BCUT2D eigenvalue weighted by Gasteiger charge is 2.10. The smallest absolute Gasteiger partial charge is 0.272 e. The fraction of sp³-hybridized carbons (Fsp3) is 0. The fourth-order valence-corrected chi connectivity index (χ4v) is 2.95. The van der Waals surface area contributed by atoms with Gasteiger partial charge in [-0.05, 0) is 40.6 Å². The van der Waals surface area contributed by atoms with Crippen molar-refractivity contribution < 1.29 is 4.79 Å². The summed E-state index contributed by atoms with van der Waals surface area (Å²) in [5.74, 6) is -0.368. The summed E-state index contributed by atoms with van der Waals surface area (Å²) in [5, 5.41) is 13.8. The van der Waals surface area contributed by atoms with Crippen molar-refractivity contribution in [2.75, 3.05) is 0 Å². The van der Waals surface area contributed by atoms with Crippen molar-refractivity contribution in [2.45, 2.75) is 0 Å². The van der Waals surface area contributed by atoms with Gasteiger partial charge in [-0.1, -0.05) is 60.1 Å². The number of aromatic nitrogens is 2. The minimum Gasteiger partial charge on any atom is -0.272 e. The van der Waals surface area contributed by atoms with E-state index in [1.807, 2.05) is 48.5 Å². The van der Waals surface area contributed by atoms with Gasteiger partial charge in [0.15, 0.2) is 0 Å². The number of hydrazone groups is 1. The predicted octanol–water partition coefficient (Wildman–Crippen LogP) is 4.65. The second-order valence-electron chi connectivity index (χ2n) is 5.98. The van der Waals surface area contributed by atoms with Crippen molar-refractivity contribution in [1.29, 1.82) is 0 Å². The van der Waals surface area contributed by atoms with Gasteiger partial charge in [-0.3, -0.25) is 9.89 Å². The van der Waals surface area contributed by atoms with E-state index < -0.39 is 0 Å². The van der Waals surface area contributed by atoms with Gasteiger partial charge in [0.1, 0.15) is 5.69 Å². The molecule has 0 aliphatic carbocycles. The van der Waals surface area contributed by atoms with Crippen molar-refractivity contribution in [3.8, 4) is 11.3 Å². The summed E-state index contributed by atoms with van der Waals surface area (Å²) in [6.45, 7) is 0. The van der Waals surface area contributed by atoms with Gasteiger partial charge in [-0.2, -0.15) is 10.2 Å². The number of halogens is 1. The Labute approximate surface area is 160 Å². The van der Waals surface area contributed by atoms with E-state index in [4.69, 9.17) is 11.6 Å². The zero-order valence-corrected chi connectivity index (χ0v) is 14.9. The molecule has 0 fully saturated rings. The van der Waals surface area contributed by atoms with E-state index in [-0.39, 0.29) is 5.91 Å². The van der Waals surface area contributed by atoms with Crippen LogP contribution in [-0.2, 0) is 0 Å². The molecule has 1 amide bonds. The highest BCUT2D eigenvalue weighted by molar-refractivity contribution is 6.30. The first-order chi connectivity index (χ1) is 13.2. The van der Waals surface area contributed by atoms with E-state index in [0.717, 1.165) is 21.9 Å². The summed E-state index contributed by atoms with van der Waals surface area (Å²) in [7, 11) is 0. The maximum absolute atomic E-state index is 12.2. The van der Waals surface area contributed by atoms with Crippen LogP contribution in [0.2, 0.25) is 5.02 Å². The van der Waals surface area contributed by atoms with Crippen LogP contribution in [0.1, 0.15) is 16.1 Å². The van der Waals surface area contributed by atoms with Crippen molar-refractivity contribution in [1.82, 2.24) is 15.6 Å². The molecule has 0 aliphatic heterocycles. The number of fused-ring (bicyclic) bond motifs is 1. The lowest BCUT2D eigenvalue weighted by atomic mass is 10.1. The third-order valence-electron chi connectivity index (χ3n) is 4.10. The minimum absolute atomic E-state index is 0.335. The number of rotatable bonds is 4. The third kappa shape index (κ3) is 3.88. The van der Waals surface area contributed by atoms with E-state index in [0.29, 0.717) is 16.4 Å². The first-order valence-electron chi connectivity index (χ1n) is 8.32. The van der Waals surface area contributed by atoms with Gasteiger partial charge in [0.2, 0.25) is 0 Å². The average molecular weight is 375 g/mol. The second-order valence-corrected chi connectivity index (χ2v) is 6.42. The van der Waals surface area contributed by atoms with Gasteiger partial charge in [0.25, 0.3) is 5.91 Å². The van der Waals surface area contributed by atoms with Crippen LogP contribution < -0.4 is 5.43 Å². The summed E-state index contributed by atoms with van der Waals surface area (Å²) in [6, 6.07) is 23.1. The van der Waals surface area contributed by atoms with Gasteiger partial charge in [0, 0.05) is 10.6 Å². The second kappa shape index (κ2) is 7.43. The molecule has 4 rings (SSSR count). The van der Waals surface area contributed by atoms with Crippen molar-refractivity contribution in [3.63, 3.8) is 0 Å². The summed E-state index contributed by atoms with van der Waals surface area (Å²) < 4.78 is 0. The number of carbonyl (C=O) groups excluding carboxylic acids is 1. The molecule has 132 valence electrons. The summed E-state index contributed by atoms with van der Waals surface area (Å²) >= 11 is 5.92. The third-order valence-corrected chi connectivity index (χ3v) is 4.33. The number of carbonyl (C=O) groups is 1. The van der Waals surface area contributed by atoms with E-state index >= 15 is 0 Å². The van der Waals surface area contributed by atoms with Gasteiger partial charge in [0.05, 0.1) is 11.9 Å². The highest BCUT2D eigenvalue weighted by atomic mass is 35.5. The first-order valence-corrected chi connectivity index (χ1v) is 8.70. The normalized spacial score (nSPS) is 11.1. The molecule has 0 radical (unpaired) electrons. The summed E-state index contributed by atoms with van der Waals surface area (Å²) in [4.78, 5) is 12.2. The van der Waals surface area contributed by atoms with Gasteiger partial charge >= 0.3 is 0 Å². The molecule has 27 heavy (non-hydrogen) atoms. The number of hydrogen-bond acceptors (Lipinski definition) is 3. The standard InChI is InChI=1S/C21H15ClN4O/c22-18-7-3-4-14(10-18)13-23-26-21(27)20-12-19(24-25-20)17-9-8-15-5-1-2-6-16(15)11-17/h1-13H,(H,24,25)(H,26,27)/b23-13-. The largest absolute Gasteiger partial charge is 0.289 e. The number of hydrogen-bond donors (Lipinski definition) is 2. The molecule has 3 aromatic carbocycles. The highest BCUT2D eigenvalue weighted by Crippen LogP contribution is 2.23. The van der Waals surface area contributed by atoms with Crippen LogP contribution >= 0.6 is 11.6 Å². The Morgan fingerprint density at radius 1 is 1.00 bits per heavy atom. The van der Waals surface area contributed by atoms with Crippen LogP contribution in [-0.4, -0.2) is 22.3 Å². The molecule has 0 saturated heterocycles. The molecule has 1 aromatic heterocycles. The van der Waals surface area contributed by atoms with Crippen LogP contribution in [0.25, 0.3) is 22.0 Å². The summed E-state index contributed by atoms with van der Waals surface area (Å²) in [6.07, 6.45) is 1.53. The number of nitrogens with one attached hydrogen (secondary N) is 2. The molecule has 6 heteroatoms. The maximum atomic E-state index is 12.2. The Hall–Kier alpha value is -3.44. The lowest BCUT2D eigenvalue weighted by molar-refractivity contribution is 0.0950. The Balaban J connectivity index is 1.48. The van der Waals surface area contributed by atoms with Crippen LogP contribution in [0, 0.1) is 0 Å². The van der Waals surface area contributed by atoms with Crippen LogP contribution in [0.3, 0.4) is 0 Å². The van der Waals surface area contributed by atoms with E-state index in [1.54, 1.807) is 18.2 Å². The van der Waals surface area contributed by atoms with Crippen molar-refractivity contribution in [2.24, 2.45) is 5.10 Å². The number of benzene rings is 3. The number of H-pyrrole nitrogens is 1. The molecule has 0 bridgehead atoms. The Kier molecular flexibility index (Phi) is 4.68. The molecule has 0 spiro atoms. The zero-order chi connectivity index (χ0) is 18.6. The first kappa shape index (κ1) is 17.0. The van der Waals surface area contributed by atoms with Gasteiger partial charge in [-0.25, -0.2) is 5.43 Å². The topological polar surface area (TPSA) is 70.1 Å². The van der Waals surface area contributed by atoms with Crippen LogP contribution in [0.4, 0.5) is 0 Å². The molecule has 4 aromatic rings. The molecule has 0 atom stereocenters. The minimum atomic E-state index is -0.368. The maximum Gasteiger partial charge on any atom is 0.289 e. The fourth-order valence-electron chi connectivity index (χ4n) is 2.75. The number of amides is 1. The lowest BCUT2D eigenvalue weighted by Gasteiger charge is -2.00. The van der Waals surface area contributed by atoms with E-state index in [2.05, 4.69) is 26.8 Å². The Bertz CT molecular complexity index is 1150. The molecule has 0 aliphatic rings. The number of nitrogens with zero attached hydrogens (tertiary/aromatic N) is 2. The van der Waals surface area contributed by atoms with Crippen molar-refractivity contribution >= 4 is 34.5 Å². The zero-order valence-electron chi connectivity index (χ0n) is 14.2. The van der Waals surface area contributed by atoms with Crippen LogP contribution in [0.5, 0.6) is 0 Å². The molecule has 2 N–H and O–H groups in total. The molecule has 0 saturated carbocycles. The molecule has 5 nitrogen and oxygen atoms in total. The lowest BCUT2D eigenvalue weighted by Crippen LogP contribution is -2.17. The predicted molar refractivity (Wildman–Crippen MR) is 108 cm³/mol. The quantitative estimate of drug-likeness (QED) is 0.403. The molecule has 1 heterocycles. The Morgan fingerprint density at radius 3 is 2.70 bits per heavy atom. The van der Waals surface area contributed by atoms with Gasteiger partial charge < -0.3 is 0 Å². The molecular weight excluding hydrogens is 360 g/mol. The van der Waals surface area contributed by atoms with E-state index in [9.17, 15) is 4.79 Å². The Morgan fingerprint density at radius 2 is 1.85 bits per heavy atom. The van der Waals surface area contributed by atoms with Gasteiger partial charge in [-0.15, -0.1) is 0 Å².